The summed E-state index contributed by atoms with van der Waals surface area (Å²) in [6.07, 6.45) is 1.19. The summed E-state index contributed by atoms with van der Waals surface area (Å²) in [5, 5.41) is 3.36. The van der Waals surface area contributed by atoms with Crippen LogP contribution in [0.25, 0.3) is 0 Å². The normalized spacial score (nSPS) is 21.8. The van der Waals surface area contributed by atoms with Gasteiger partial charge in [0.1, 0.15) is 0 Å². The first-order chi connectivity index (χ1) is 8.98. The molecular weight excluding hydrogens is 286 g/mol. The highest BCUT2D eigenvalue weighted by Crippen LogP contribution is 2.19. The summed E-state index contributed by atoms with van der Waals surface area (Å²) in [4.78, 5) is 12.0. The van der Waals surface area contributed by atoms with Gasteiger partial charge < -0.3 is 5.32 Å². The fourth-order valence-corrected chi connectivity index (χ4v) is 4.10. The third-order valence-electron chi connectivity index (χ3n) is 3.24. The number of halogens is 1. The van der Waals surface area contributed by atoms with Crippen molar-refractivity contribution in [3.63, 3.8) is 0 Å². The second-order valence-corrected chi connectivity index (χ2v) is 7.40. The minimum Gasteiger partial charge on any atom is -0.352 e. The molecule has 1 heterocycles. The molecule has 19 heavy (non-hydrogen) atoms. The monoisotopic (exact) mass is 301 g/mol. The van der Waals surface area contributed by atoms with E-state index in [9.17, 15) is 13.2 Å². The number of sulfone groups is 1. The van der Waals surface area contributed by atoms with Gasteiger partial charge in [-0.1, -0.05) is 29.8 Å². The number of amides is 1. The van der Waals surface area contributed by atoms with Crippen molar-refractivity contribution in [1.82, 2.24) is 5.32 Å². The van der Waals surface area contributed by atoms with Crippen LogP contribution in [-0.4, -0.2) is 25.8 Å². The first kappa shape index (κ1) is 14.3. The van der Waals surface area contributed by atoms with E-state index in [2.05, 4.69) is 5.32 Å². The van der Waals surface area contributed by atoms with Crippen LogP contribution in [0.4, 0.5) is 0 Å². The number of carbonyl (C=O) groups excluding carboxylic acids is 1. The Morgan fingerprint density at radius 3 is 2.79 bits per heavy atom. The van der Waals surface area contributed by atoms with Crippen molar-refractivity contribution in [3.05, 3.63) is 34.9 Å². The Morgan fingerprint density at radius 1 is 1.37 bits per heavy atom. The predicted molar refractivity (Wildman–Crippen MR) is 74.7 cm³/mol. The Morgan fingerprint density at radius 2 is 2.11 bits per heavy atom. The molecule has 0 spiro atoms. The van der Waals surface area contributed by atoms with Crippen LogP contribution in [0.5, 0.6) is 0 Å². The highest BCUT2D eigenvalue weighted by atomic mass is 35.5. The summed E-state index contributed by atoms with van der Waals surface area (Å²) in [5.74, 6) is -0.479. The lowest BCUT2D eigenvalue weighted by molar-refractivity contribution is -0.124. The Labute approximate surface area is 118 Å². The zero-order valence-corrected chi connectivity index (χ0v) is 12.0. The van der Waals surface area contributed by atoms with E-state index in [1.165, 1.54) is 0 Å². The highest BCUT2D eigenvalue weighted by molar-refractivity contribution is 7.91. The van der Waals surface area contributed by atoms with E-state index in [1.807, 2.05) is 18.2 Å². The standard InChI is InChI=1S/C13H16ClNO3S/c14-12-6-2-1-4-10(12)8-15-13(16)11-5-3-7-19(17,18)9-11/h1-2,4,6,11H,3,5,7-9H2,(H,15,16). The number of benzene rings is 1. The van der Waals surface area contributed by atoms with Gasteiger partial charge in [0.2, 0.25) is 5.91 Å². The van der Waals surface area contributed by atoms with Gasteiger partial charge in [0.15, 0.2) is 9.84 Å². The van der Waals surface area contributed by atoms with Gasteiger partial charge in [-0.05, 0) is 24.5 Å². The maximum absolute atomic E-state index is 12.0. The van der Waals surface area contributed by atoms with E-state index < -0.39 is 15.8 Å². The van der Waals surface area contributed by atoms with Crippen LogP contribution in [0, 0.1) is 5.92 Å². The molecule has 1 fully saturated rings. The Kier molecular flexibility index (Phi) is 4.47. The van der Waals surface area contributed by atoms with E-state index in [0.29, 0.717) is 24.4 Å². The summed E-state index contributed by atoms with van der Waals surface area (Å²) >= 11 is 5.99. The lowest BCUT2D eigenvalue weighted by Crippen LogP contribution is -2.37. The van der Waals surface area contributed by atoms with Gasteiger partial charge in [-0.3, -0.25) is 4.79 Å². The van der Waals surface area contributed by atoms with Crippen LogP contribution in [0.15, 0.2) is 24.3 Å². The zero-order valence-electron chi connectivity index (χ0n) is 10.4. The largest absolute Gasteiger partial charge is 0.352 e. The fraction of sp³-hybridized carbons (Fsp3) is 0.462. The highest BCUT2D eigenvalue weighted by Gasteiger charge is 2.29. The second-order valence-electron chi connectivity index (χ2n) is 4.76. The average molecular weight is 302 g/mol. The molecule has 1 saturated heterocycles. The Bertz CT molecular complexity index is 571. The van der Waals surface area contributed by atoms with Gasteiger partial charge in [-0.15, -0.1) is 0 Å². The summed E-state index contributed by atoms with van der Waals surface area (Å²) in [6.45, 7) is 0.328. The zero-order chi connectivity index (χ0) is 13.9. The molecule has 1 aromatic rings. The van der Waals surface area contributed by atoms with E-state index in [1.54, 1.807) is 6.07 Å². The molecule has 104 valence electrons. The average Bonchev–Trinajstić information content (AvgIpc) is 2.36. The van der Waals surface area contributed by atoms with Crippen molar-refractivity contribution < 1.29 is 13.2 Å². The minimum absolute atomic E-state index is 0.0403. The molecule has 1 aliphatic heterocycles. The van der Waals surface area contributed by atoms with Crippen LogP contribution >= 0.6 is 11.6 Å². The summed E-state index contributed by atoms with van der Waals surface area (Å²) in [5.41, 5.74) is 0.830. The third-order valence-corrected chi connectivity index (χ3v) is 5.43. The Hall–Kier alpha value is -1.07. The quantitative estimate of drug-likeness (QED) is 0.925. The van der Waals surface area contributed by atoms with Gasteiger partial charge >= 0.3 is 0 Å². The van der Waals surface area contributed by atoms with E-state index in [-0.39, 0.29) is 17.4 Å². The van der Waals surface area contributed by atoms with Crippen LogP contribution in [0.2, 0.25) is 5.02 Å². The molecule has 1 N–H and O–H groups in total. The first-order valence-corrected chi connectivity index (χ1v) is 8.39. The van der Waals surface area contributed by atoms with Gasteiger partial charge in [0.25, 0.3) is 0 Å². The van der Waals surface area contributed by atoms with E-state index in [4.69, 9.17) is 11.6 Å². The van der Waals surface area contributed by atoms with Crippen LogP contribution in [-0.2, 0) is 21.2 Å². The molecule has 1 aromatic carbocycles. The molecule has 1 amide bonds. The van der Waals surface area contributed by atoms with Crippen molar-refractivity contribution in [2.45, 2.75) is 19.4 Å². The van der Waals surface area contributed by atoms with Crippen molar-refractivity contribution in [2.75, 3.05) is 11.5 Å². The molecule has 0 aromatic heterocycles. The molecule has 1 atom stereocenters. The molecule has 0 bridgehead atoms. The third kappa shape index (κ3) is 3.94. The number of nitrogens with one attached hydrogen (secondary N) is 1. The van der Waals surface area contributed by atoms with Crippen LogP contribution in [0.3, 0.4) is 0 Å². The van der Waals surface area contributed by atoms with E-state index >= 15 is 0 Å². The SMILES string of the molecule is O=C(NCc1ccccc1Cl)C1CCCS(=O)(=O)C1. The molecule has 1 aliphatic rings. The number of hydrogen-bond donors (Lipinski definition) is 1. The summed E-state index contributed by atoms with van der Waals surface area (Å²) in [6, 6.07) is 7.26. The smallest absolute Gasteiger partial charge is 0.224 e. The molecule has 0 saturated carbocycles. The van der Waals surface area contributed by atoms with Gasteiger partial charge in [-0.2, -0.15) is 0 Å². The minimum atomic E-state index is -3.05. The van der Waals surface area contributed by atoms with Crippen LogP contribution in [0.1, 0.15) is 18.4 Å². The first-order valence-electron chi connectivity index (χ1n) is 6.19. The predicted octanol–water partition coefficient (Wildman–Crippen LogP) is 1.78. The van der Waals surface area contributed by atoms with Crippen molar-refractivity contribution in [1.29, 1.82) is 0 Å². The lowest BCUT2D eigenvalue weighted by atomic mass is 10.0. The van der Waals surface area contributed by atoms with Crippen molar-refractivity contribution in [3.8, 4) is 0 Å². The molecule has 0 radical (unpaired) electrons. The number of hydrogen-bond acceptors (Lipinski definition) is 3. The summed E-state index contributed by atoms with van der Waals surface area (Å²) < 4.78 is 23.0. The molecule has 4 nitrogen and oxygen atoms in total. The number of rotatable bonds is 3. The second kappa shape index (κ2) is 5.92. The topological polar surface area (TPSA) is 63.2 Å². The van der Waals surface area contributed by atoms with Crippen molar-refractivity contribution >= 4 is 27.3 Å². The number of carbonyl (C=O) groups is 1. The maximum Gasteiger partial charge on any atom is 0.224 e. The van der Waals surface area contributed by atoms with Gasteiger partial charge in [0.05, 0.1) is 17.4 Å². The van der Waals surface area contributed by atoms with E-state index in [0.717, 1.165) is 5.56 Å². The molecule has 0 aliphatic carbocycles. The summed E-state index contributed by atoms with van der Waals surface area (Å²) in [7, 11) is -3.05. The molecular formula is C13H16ClNO3S. The molecule has 2 rings (SSSR count). The van der Waals surface area contributed by atoms with Gasteiger partial charge in [0, 0.05) is 11.6 Å². The van der Waals surface area contributed by atoms with Gasteiger partial charge in [-0.25, -0.2) is 8.42 Å². The van der Waals surface area contributed by atoms with Crippen molar-refractivity contribution in [2.24, 2.45) is 5.92 Å². The molecule has 1 unspecified atom stereocenters. The fourth-order valence-electron chi connectivity index (χ4n) is 2.20. The molecule has 6 heteroatoms. The Balaban J connectivity index is 1.93. The lowest BCUT2D eigenvalue weighted by Gasteiger charge is -2.21. The van der Waals surface area contributed by atoms with Crippen LogP contribution < -0.4 is 5.32 Å². The maximum atomic E-state index is 12.0.